The minimum atomic E-state index is -4.52. The second-order valence-corrected chi connectivity index (χ2v) is 6.35. The van der Waals surface area contributed by atoms with Crippen molar-refractivity contribution in [3.63, 3.8) is 0 Å². The van der Waals surface area contributed by atoms with Crippen LogP contribution in [-0.4, -0.2) is 50.4 Å². The highest BCUT2D eigenvalue weighted by Gasteiger charge is 2.47. The number of likely N-dealkylation sites (tertiary alicyclic amines) is 1. The van der Waals surface area contributed by atoms with Crippen LogP contribution < -0.4 is 0 Å². The molecule has 1 saturated heterocycles. The predicted molar refractivity (Wildman–Crippen MR) is 85.3 cm³/mol. The van der Waals surface area contributed by atoms with Gasteiger partial charge >= 0.3 is 12.1 Å². The van der Waals surface area contributed by atoms with Gasteiger partial charge in [0.25, 0.3) is 5.91 Å². The zero-order valence-corrected chi connectivity index (χ0v) is 14.1. The molecule has 10 heteroatoms. The molecule has 1 unspecified atom stereocenters. The third-order valence-electron chi connectivity index (χ3n) is 4.55. The molecule has 1 aromatic heterocycles. The van der Waals surface area contributed by atoms with Crippen LogP contribution in [0.2, 0.25) is 0 Å². The summed E-state index contributed by atoms with van der Waals surface area (Å²) in [7, 11) is 0. The van der Waals surface area contributed by atoms with Gasteiger partial charge in [-0.3, -0.25) is 4.79 Å². The molecule has 0 saturated carbocycles. The molecule has 2 aromatic rings. The number of hydrogen-bond donors (Lipinski definition) is 1. The predicted octanol–water partition coefficient (Wildman–Crippen LogP) is 2.84. The molecule has 1 atom stereocenters. The number of hydrogen-bond acceptors (Lipinski definition) is 3. The lowest BCUT2D eigenvalue weighted by atomic mass is 10.1. The van der Waals surface area contributed by atoms with Crippen LogP contribution in [0.15, 0.2) is 30.5 Å². The first-order valence-electron chi connectivity index (χ1n) is 7.97. The lowest BCUT2D eigenvalue weighted by Crippen LogP contribution is -2.39. The molecule has 2 heterocycles. The molecule has 0 radical (unpaired) electrons. The first kappa shape index (κ1) is 18.9. The number of carboxylic acid groups (broad SMARTS) is 1. The highest BCUT2D eigenvalue weighted by atomic mass is 19.4. The minimum Gasteiger partial charge on any atom is -0.479 e. The molecule has 144 valence electrons. The van der Waals surface area contributed by atoms with Crippen molar-refractivity contribution >= 4 is 11.9 Å². The SMILES string of the molecule is Cc1c(C(=O)N2CCC(F)(C(=O)O)C2)cnn1-c1cccc(C(F)(F)F)c1. The number of rotatable bonds is 3. The van der Waals surface area contributed by atoms with Crippen LogP contribution in [-0.2, 0) is 11.0 Å². The Hall–Kier alpha value is -2.91. The summed E-state index contributed by atoms with van der Waals surface area (Å²) in [5.74, 6) is -2.25. The third-order valence-corrected chi connectivity index (χ3v) is 4.55. The van der Waals surface area contributed by atoms with Crippen molar-refractivity contribution in [2.45, 2.75) is 25.2 Å². The van der Waals surface area contributed by atoms with Gasteiger partial charge in [0.2, 0.25) is 5.67 Å². The highest BCUT2D eigenvalue weighted by molar-refractivity contribution is 5.96. The summed E-state index contributed by atoms with van der Waals surface area (Å²) in [5, 5.41) is 12.9. The molecule has 0 spiro atoms. The van der Waals surface area contributed by atoms with Crippen molar-refractivity contribution in [1.29, 1.82) is 0 Å². The largest absolute Gasteiger partial charge is 0.479 e. The summed E-state index contributed by atoms with van der Waals surface area (Å²) in [6.07, 6.45) is -3.67. The maximum atomic E-state index is 14.2. The molecular formula is C17H15F4N3O3. The number of alkyl halides is 4. The summed E-state index contributed by atoms with van der Waals surface area (Å²) in [6.45, 7) is 0.835. The van der Waals surface area contributed by atoms with Gasteiger partial charge in [0.15, 0.2) is 0 Å². The van der Waals surface area contributed by atoms with E-state index in [1.807, 2.05) is 0 Å². The molecule has 1 amide bonds. The number of nitrogens with zero attached hydrogens (tertiary/aromatic N) is 3. The van der Waals surface area contributed by atoms with Crippen molar-refractivity contribution in [3.05, 3.63) is 47.3 Å². The van der Waals surface area contributed by atoms with Crippen LogP contribution in [0.1, 0.15) is 28.0 Å². The maximum Gasteiger partial charge on any atom is 0.416 e. The Labute approximate surface area is 151 Å². The smallest absolute Gasteiger partial charge is 0.416 e. The average Bonchev–Trinajstić information content (AvgIpc) is 3.18. The number of amides is 1. The number of carbonyl (C=O) groups excluding carboxylic acids is 1. The third kappa shape index (κ3) is 3.38. The second-order valence-electron chi connectivity index (χ2n) is 6.35. The summed E-state index contributed by atoms with van der Waals surface area (Å²) >= 11 is 0. The van der Waals surface area contributed by atoms with E-state index in [9.17, 15) is 27.2 Å². The van der Waals surface area contributed by atoms with Gasteiger partial charge in [-0.25, -0.2) is 13.9 Å². The van der Waals surface area contributed by atoms with Gasteiger partial charge in [-0.15, -0.1) is 0 Å². The Morgan fingerprint density at radius 3 is 2.59 bits per heavy atom. The van der Waals surface area contributed by atoms with E-state index >= 15 is 0 Å². The van der Waals surface area contributed by atoms with E-state index in [0.717, 1.165) is 17.0 Å². The van der Waals surface area contributed by atoms with E-state index in [1.165, 1.54) is 29.9 Å². The van der Waals surface area contributed by atoms with Gasteiger partial charge in [0.05, 0.1) is 35.2 Å². The van der Waals surface area contributed by atoms with Crippen LogP contribution in [0.4, 0.5) is 17.6 Å². The van der Waals surface area contributed by atoms with E-state index in [2.05, 4.69) is 5.10 Å². The number of aromatic nitrogens is 2. The van der Waals surface area contributed by atoms with E-state index < -0.39 is 35.8 Å². The number of carboxylic acids is 1. The summed E-state index contributed by atoms with van der Waals surface area (Å²) in [6, 6.07) is 4.47. The Morgan fingerprint density at radius 2 is 2.00 bits per heavy atom. The maximum absolute atomic E-state index is 14.2. The van der Waals surface area contributed by atoms with Gasteiger partial charge < -0.3 is 10.0 Å². The quantitative estimate of drug-likeness (QED) is 0.825. The Morgan fingerprint density at radius 1 is 1.30 bits per heavy atom. The van der Waals surface area contributed by atoms with Crippen molar-refractivity contribution in [1.82, 2.24) is 14.7 Å². The second kappa shape index (κ2) is 6.36. The van der Waals surface area contributed by atoms with Crippen LogP contribution in [0, 0.1) is 6.92 Å². The fourth-order valence-electron chi connectivity index (χ4n) is 2.98. The van der Waals surface area contributed by atoms with Crippen LogP contribution >= 0.6 is 0 Å². The normalized spacial score (nSPS) is 20.1. The molecule has 1 fully saturated rings. The summed E-state index contributed by atoms with van der Waals surface area (Å²) in [5.41, 5.74) is -2.90. The first-order chi connectivity index (χ1) is 12.5. The van der Waals surface area contributed by atoms with Crippen LogP contribution in [0.5, 0.6) is 0 Å². The first-order valence-corrected chi connectivity index (χ1v) is 7.97. The highest BCUT2D eigenvalue weighted by Crippen LogP contribution is 2.31. The number of carbonyl (C=O) groups is 2. The Balaban J connectivity index is 1.88. The van der Waals surface area contributed by atoms with E-state index in [-0.39, 0.29) is 29.9 Å². The molecule has 6 nitrogen and oxygen atoms in total. The number of halogens is 4. The Bertz CT molecular complexity index is 909. The fraction of sp³-hybridized carbons (Fsp3) is 0.353. The summed E-state index contributed by atoms with van der Waals surface area (Å²) < 4.78 is 54.0. The molecule has 1 aliphatic rings. The zero-order chi connectivity index (χ0) is 20.0. The molecule has 1 aromatic carbocycles. The molecule has 1 aliphatic heterocycles. The molecule has 1 N–H and O–H groups in total. The molecule has 27 heavy (non-hydrogen) atoms. The van der Waals surface area contributed by atoms with Crippen molar-refractivity contribution in [3.8, 4) is 5.69 Å². The minimum absolute atomic E-state index is 0.0713. The van der Waals surface area contributed by atoms with E-state index in [4.69, 9.17) is 5.11 Å². The van der Waals surface area contributed by atoms with Gasteiger partial charge in [-0.05, 0) is 25.1 Å². The van der Waals surface area contributed by atoms with E-state index in [0.29, 0.717) is 0 Å². The molecule has 0 bridgehead atoms. The number of aliphatic carboxylic acids is 1. The lowest BCUT2D eigenvalue weighted by molar-refractivity contribution is -0.149. The summed E-state index contributed by atoms with van der Waals surface area (Å²) in [4.78, 5) is 24.6. The number of benzene rings is 1. The molecular weight excluding hydrogens is 370 g/mol. The monoisotopic (exact) mass is 385 g/mol. The fourth-order valence-corrected chi connectivity index (χ4v) is 2.98. The van der Waals surface area contributed by atoms with Crippen LogP contribution in [0.25, 0.3) is 5.69 Å². The van der Waals surface area contributed by atoms with Gasteiger partial charge in [0.1, 0.15) is 0 Å². The van der Waals surface area contributed by atoms with Crippen molar-refractivity contribution < 1.29 is 32.3 Å². The van der Waals surface area contributed by atoms with Crippen molar-refractivity contribution in [2.75, 3.05) is 13.1 Å². The average molecular weight is 385 g/mol. The standard InChI is InChI=1S/C17H15F4N3O3/c1-10-13(14(25)23-6-5-16(18,9-23)15(26)27)8-22-24(10)12-4-2-3-11(7-12)17(19,20)21/h2-4,7-8H,5-6,9H2,1H3,(H,26,27). The molecule has 0 aliphatic carbocycles. The zero-order valence-electron chi connectivity index (χ0n) is 14.1. The Kier molecular flexibility index (Phi) is 4.44. The van der Waals surface area contributed by atoms with Gasteiger partial charge in [-0.2, -0.15) is 18.3 Å². The van der Waals surface area contributed by atoms with E-state index in [1.54, 1.807) is 0 Å². The van der Waals surface area contributed by atoms with Crippen LogP contribution in [0.3, 0.4) is 0 Å². The van der Waals surface area contributed by atoms with Gasteiger partial charge in [-0.1, -0.05) is 6.07 Å². The van der Waals surface area contributed by atoms with Gasteiger partial charge in [0, 0.05) is 13.0 Å². The topological polar surface area (TPSA) is 75.4 Å². The lowest BCUT2D eigenvalue weighted by Gasteiger charge is -2.17. The molecule has 3 rings (SSSR count). The van der Waals surface area contributed by atoms with Crippen molar-refractivity contribution in [2.24, 2.45) is 0 Å².